The molecular weight excluding hydrogens is 132 g/mol. The highest BCUT2D eigenvalue weighted by Gasteiger charge is 2.12. The number of amides is 1. The number of carbonyl (C=O) groups excluding carboxylic acids is 1. The zero-order valence-corrected chi connectivity index (χ0v) is 5.76. The molecule has 10 heavy (non-hydrogen) atoms. The van der Waals surface area contributed by atoms with Crippen molar-refractivity contribution in [3.63, 3.8) is 0 Å². The van der Waals surface area contributed by atoms with E-state index in [-0.39, 0.29) is 18.6 Å². The standard InChI is InChI=1S/C6H12N2O2/c9-4-5-3-8-6(10)1-2-7-5/h5,7,9H,1-4H2,(H,8,10)/t5-/m0/s1. The number of nitrogens with one attached hydrogen (secondary N) is 2. The maximum atomic E-state index is 10.7. The van der Waals surface area contributed by atoms with Gasteiger partial charge in [0, 0.05) is 25.6 Å². The molecule has 1 amide bonds. The smallest absolute Gasteiger partial charge is 0.221 e. The number of hydrogen-bond donors (Lipinski definition) is 3. The first-order chi connectivity index (χ1) is 4.83. The monoisotopic (exact) mass is 144 g/mol. The molecule has 1 rings (SSSR count). The Morgan fingerprint density at radius 3 is 3.20 bits per heavy atom. The number of aliphatic hydroxyl groups excluding tert-OH is 1. The van der Waals surface area contributed by atoms with Crippen LogP contribution in [0, 0.1) is 0 Å². The topological polar surface area (TPSA) is 61.4 Å². The molecule has 1 aliphatic heterocycles. The Labute approximate surface area is 59.6 Å². The summed E-state index contributed by atoms with van der Waals surface area (Å²) >= 11 is 0. The van der Waals surface area contributed by atoms with Crippen LogP contribution in [-0.2, 0) is 4.79 Å². The Kier molecular flexibility index (Phi) is 2.65. The van der Waals surface area contributed by atoms with Crippen molar-refractivity contribution in [3.05, 3.63) is 0 Å². The van der Waals surface area contributed by atoms with E-state index in [0.717, 1.165) is 0 Å². The summed E-state index contributed by atoms with van der Waals surface area (Å²) in [5.41, 5.74) is 0. The first kappa shape index (κ1) is 7.50. The molecule has 3 N–H and O–H groups in total. The molecule has 0 unspecified atom stereocenters. The van der Waals surface area contributed by atoms with E-state index in [1.54, 1.807) is 0 Å². The van der Waals surface area contributed by atoms with Crippen molar-refractivity contribution in [1.29, 1.82) is 0 Å². The van der Waals surface area contributed by atoms with Gasteiger partial charge >= 0.3 is 0 Å². The van der Waals surface area contributed by atoms with Crippen LogP contribution in [0.15, 0.2) is 0 Å². The average molecular weight is 144 g/mol. The van der Waals surface area contributed by atoms with Gasteiger partial charge in [-0.2, -0.15) is 0 Å². The first-order valence-electron chi connectivity index (χ1n) is 3.44. The van der Waals surface area contributed by atoms with Gasteiger partial charge in [0.1, 0.15) is 0 Å². The molecule has 4 heteroatoms. The summed E-state index contributed by atoms with van der Waals surface area (Å²) < 4.78 is 0. The van der Waals surface area contributed by atoms with Gasteiger partial charge < -0.3 is 15.7 Å². The molecule has 4 nitrogen and oxygen atoms in total. The SMILES string of the molecule is O=C1CCN[C@H](CO)CN1. The van der Waals surface area contributed by atoms with Crippen LogP contribution in [-0.4, -0.2) is 36.8 Å². The molecule has 0 aromatic carbocycles. The Morgan fingerprint density at radius 2 is 2.50 bits per heavy atom. The molecule has 0 aliphatic carbocycles. The summed E-state index contributed by atoms with van der Waals surface area (Å²) in [5, 5.41) is 14.4. The van der Waals surface area contributed by atoms with E-state index in [1.807, 2.05) is 0 Å². The zero-order valence-electron chi connectivity index (χ0n) is 5.76. The van der Waals surface area contributed by atoms with Crippen LogP contribution in [0.4, 0.5) is 0 Å². The summed E-state index contributed by atoms with van der Waals surface area (Å²) in [6.07, 6.45) is 0.510. The van der Waals surface area contributed by atoms with Gasteiger partial charge in [-0.05, 0) is 0 Å². The van der Waals surface area contributed by atoms with Gasteiger partial charge in [0.25, 0.3) is 0 Å². The average Bonchev–Trinajstić information content (AvgIpc) is 2.14. The summed E-state index contributed by atoms with van der Waals surface area (Å²) in [6, 6.07) is 0.0337. The number of rotatable bonds is 1. The molecule has 1 heterocycles. The molecule has 1 saturated heterocycles. The van der Waals surface area contributed by atoms with Gasteiger partial charge in [-0.15, -0.1) is 0 Å². The number of carbonyl (C=O) groups is 1. The molecule has 0 aromatic heterocycles. The van der Waals surface area contributed by atoms with Crippen molar-refractivity contribution in [2.24, 2.45) is 0 Å². The van der Waals surface area contributed by atoms with Crippen LogP contribution in [0.25, 0.3) is 0 Å². The van der Waals surface area contributed by atoms with Crippen molar-refractivity contribution >= 4 is 5.91 Å². The van der Waals surface area contributed by atoms with E-state index in [1.165, 1.54) is 0 Å². The fourth-order valence-electron chi connectivity index (χ4n) is 0.917. The van der Waals surface area contributed by atoms with Gasteiger partial charge in [0.05, 0.1) is 6.61 Å². The molecule has 1 fully saturated rings. The number of aliphatic hydroxyl groups is 1. The van der Waals surface area contributed by atoms with Crippen LogP contribution >= 0.6 is 0 Å². The van der Waals surface area contributed by atoms with Crippen molar-refractivity contribution in [3.8, 4) is 0 Å². The van der Waals surface area contributed by atoms with Gasteiger partial charge in [-0.3, -0.25) is 4.79 Å². The molecule has 0 bridgehead atoms. The second kappa shape index (κ2) is 3.53. The molecule has 0 radical (unpaired) electrons. The van der Waals surface area contributed by atoms with Crippen molar-refractivity contribution in [1.82, 2.24) is 10.6 Å². The molecule has 1 aliphatic rings. The minimum atomic E-state index is 0.0337. The first-order valence-corrected chi connectivity index (χ1v) is 3.44. The summed E-state index contributed by atoms with van der Waals surface area (Å²) in [4.78, 5) is 10.7. The summed E-state index contributed by atoms with van der Waals surface area (Å²) in [7, 11) is 0. The van der Waals surface area contributed by atoms with Crippen LogP contribution in [0.3, 0.4) is 0 Å². The van der Waals surface area contributed by atoms with E-state index in [9.17, 15) is 4.79 Å². The highest BCUT2D eigenvalue weighted by molar-refractivity contribution is 5.76. The lowest BCUT2D eigenvalue weighted by Crippen LogP contribution is -2.38. The van der Waals surface area contributed by atoms with Crippen molar-refractivity contribution < 1.29 is 9.90 Å². The summed E-state index contributed by atoms with van der Waals surface area (Å²) in [6.45, 7) is 1.28. The Balaban J connectivity index is 2.33. The van der Waals surface area contributed by atoms with Crippen LogP contribution in [0.2, 0.25) is 0 Å². The minimum Gasteiger partial charge on any atom is -0.395 e. The van der Waals surface area contributed by atoms with Crippen LogP contribution < -0.4 is 10.6 Å². The third-order valence-corrected chi connectivity index (χ3v) is 1.55. The molecule has 58 valence electrons. The van der Waals surface area contributed by atoms with Crippen molar-refractivity contribution in [2.45, 2.75) is 12.5 Å². The fraction of sp³-hybridized carbons (Fsp3) is 0.833. The van der Waals surface area contributed by atoms with E-state index >= 15 is 0 Å². The maximum absolute atomic E-state index is 10.7. The zero-order chi connectivity index (χ0) is 7.40. The largest absolute Gasteiger partial charge is 0.395 e. The van der Waals surface area contributed by atoms with Gasteiger partial charge in [-0.1, -0.05) is 0 Å². The normalized spacial score (nSPS) is 27.3. The third-order valence-electron chi connectivity index (χ3n) is 1.55. The molecule has 1 atom stereocenters. The van der Waals surface area contributed by atoms with E-state index in [4.69, 9.17) is 5.11 Å². The second-order valence-electron chi connectivity index (χ2n) is 2.39. The Hall–Kier alpha value is -0.610. The quantitative estimate of drug-likeness (QED) is 0.418. The van der Waals surface area contributed by atoms with E-state index in [0.29, 0.717) is 19.5 Å². The predicted molar refractivity (Wildman–Crippen MR) is 36.5 cm³/mol. The molecule has 0 spiro atoms. The summed E-state index contributed by atoms with van der Waals surface area (Å²) in [5.74, 6) is 0.0588. The molecule has 0 aromatic rings. The minimum absolute atomic E-state index is 0.0337. The Bertz CT molecular complexity index is 127. The second-order valence-corrected chi connectivity index (χ2v) is 2.39. The highest BCUT2D eigenvalue weighted by Crippen LogP contribution is 1.88. The Morgan fingerprint density at radius 1 is 1.70 bits per heavy atom. The lowest BCUT2D eigenvalue weighted by Gasteiger charge is -2.10. The van der Waals surface area contributed by atoms with Gasteiger partial charge in [0.2, 0.25) is 5.91 Å². The predicted octanol–water partition coefficient (Wildman–Crippen LogP) is -1.54. The third kappa shape index (κ3) is 1.97. The molecule has 0 saturated carbocycles. The van der Waals surface area contributed by atoms with Gasteiger partial charge in [0.15, 0.2) is 0 Å². The van der Waals surface area contributed by atoms with Crippen molar-refractivity contribution in [2.75, 3.05) is 19.7 Å². The highest BCUT2D eigenvalue weighted by atomic mass is 16.3. The van der Waals surface area contributed by atoms with E-state index in [2.05, 4.69) is 10.6 Å². The lowest BCUT2D eigenvalue weighted by molar-refractivity contribution is -0.120. The molecular formula is C6H12N2O2. The van der Waals surface area contributed by atoms with E-state index < -0.39 is 0 Å². The lowest BCUT2D eigenvalue weighted by atomic mass is 10.3. The number of hydrogen-bond acceptors (Lipinski definition) is 3. The maximum Gasteiger partial charge on any atom is 0.221 e. The van der Waals surface area contributed by atoms with Crippen LogP contribution in [0.5, 0.6) is 0 Å². The van der Waals surface area contributed by atoms with Crippen LogP contribution in [0.1, 0.15) is 6.42 Å². The fourth-order valence-corrected chi connectivity index (χ4v) is 0.917. The van der Waals surface area contributed by atoms with Gasteiger partial charge in [-0.25, -0.2) is 0 Å².